The number of carbonyl (C=O) groups excluding carboxylic acids is 1. The summed E-state index contributed by atoms with van der Waals surface area (Å²) in [5, 5.41) is 0. The molecule has 0 saturated carbocycles. The van der Waals surface area contributed by atoms with Gasteiger partial charge >= 0.3 is 0 Å². The minimum atomic E-state index is -3.09. The van der Waals surface area contributed by atoms with Crippen LogP contribution in [-0.4, -0.2) is 66.8 Å². The van der Waals surface area contributed by atoms with Gasteiger partial charge in [-0.2, -0.15) is 0 Å². The number of hydrogen-bond donors (Lipinski definition) is 0. The highest BCUT2D eigenvalue weighted by molar-refractivity contribution is 7.90. The van der Waals surface area contributed by atoms with Gasteiger partial charge in [0.2, 0.25) is 5.91 Å². The van der Waals surface area contributed by atoms with Crippen LogP contribution in [0.5, 0.6) is 0 Å². The molecule has 23 heavy (non-hydrogen) atoms. The maximum atomic E-state index is 12.3. The van der Waals surface area contributed by atoms with Crippen LogP contribution in [0.25, 0.3) is 0 Å². The fraction of sp³-hybridized carbons (Fsp3) is 0.625. The minimum Gasteiger partial charge on any atom is -0.338 e. The van der Waals surface area contributed by atoms with Crippen molar-refractivity contribution in [3.8, 4) is 0 Å². The summed E-state index contributed by atoms with van der Waals surface area (Å²) >= 11 is 0. The predicted octanol–water partition coefficient (Wildman–Crippen LogP) is 0.549. The molecule has 0 aromatic carbocycles. The summed E-state index contributed by atoms with van der Waals surface area (Å²) in [5.41, 5.74) is 1.18. The van der Waals surface area contributed by atoms with Crippen LogP contribution in [0.15, 0.2) is 24.5 Å². The second-order valence-electron chi connectivity index (χ2n) is 6.64. The molecule has 2 aliphatic heterocycles. The molecule has 0 aliphatic carbocycles. The maximum Gasteiger partial charge on any atom is 0.223 e. The number of nitrogens with zero attached hydrogens (tertiary/aromatic N) is 3. The molecule has 2 saturated heterocycles. The van der Waals surface area contributed by atoms with Crippen LogP contribution in [0.3, 0.4) is 0 Å². The Morgan fingerprint density at radius 3 is 2.91 bits per heavy atom. The third kappa shape index (κ3) is 4.09. The van der Waals surface area contributed by atoms with Gasteiger partial charge in [-0.25, -0.2) is 8.42 Å². The summed E-state index contributed by atoms with van der Waals surface area (Å²) in [6.45, 7) is 3.48. The van der Waals surface area contributed by atoms with Gasteiger partial charge < -0.3 is 4.90 Å². The van der Waals surface area contributed by atoms with Crippen LogP contribution >= 0.6 is 0 Å². The number of rotatable bonds is 5. The van der Waals surface area contributed by atoms with Crippen molar-refractivity contribution in [2.75, 3.05) is 31.6 Å². The van der Waals surface area contributed by atoms with Gasteiger partial charge in [-0.3, -0.25) is 14.7 Å². The van der Waals surface area contributed by atoms with Crippen LogP contribution in [0.4, 0.5) is 0 Å². The first-order valence-corrected chi connectivity index (χ1v) is 10.1. The number of hydrogen-bond acceptors (Lipinski definition) is 5. The zero-order valence-corrected chi connectivity index (χ0v) is 14.2. The first-order chi connectivity index (χ1) is 10.9. The van der Waals surface area contributed by atoms with Gasteiger partial charge in [0.05, 0.1) is 5.75 Å². The highest BCUT2D eigenvalue weighted by atomic mass is 32.2. The van der Waals surface area contributed by atoms with Crippen LogP contribution in [-0.2, 0) is 21.2 Å². The van der Waals surface area contributed by atoms with Crippen molar-refractivity contribution in [1.82, 2.24) is 14.8 Å². The molecule has 1 amide bonds. The normalized spacial score (nSPS) is 24.8. The lowest BCUT2D eigenvalue weighted by molar-refractivity contribution is -0.131. The van der Waals surface area contributed by atoms with Crippen LogP contribution < -0.4 is 0 Å². The highest BCUT2D eigenvalue weighted by Crippen LogP contribution is 2.32. The summed E-state index contributed by atoms with van der Waals surface area (Å²) < 4.78 is 22.5. The molecule has 2 atom stereocenters. The topological polar surface area (TPSA) is 70.6 Å². The highest BCUT2D eigenvalue weighted by Gasteiger charge is 2.42. The SMILES string of the molecule is CS(=O)(=O)CCC(=O)N1CC[C@H]2CN(Cc3cccnc3)C[C@H]21. The van der Waals surface area contributed by atoms with Gasteiger partial charge in [0, 0.05) is 57.3 Å². The number of sulfone groups is 1. The molecule has 2 aliphatic rings. The van der Waals surface area contributed by atoms with E-state index in [1.165, 1.54) is 11.8 Å². The lowest BCUT2D eigenvalue weighted by Crippen LogP contribution is -2.40. The molecule has 1 aromatic heterocycles. The first kappa shape index (κ1) is 16.4. The summed E-state index contributed by atoms with van der Waals surface area (Å²) in [7, 11) is -3.09. The van der Waals surface area contributed by atoms with Gasteiger partial charge in [0.1, 0.15) is 9.84 Å². The molecule has 1 aromatic rings. The summed E-state index contributed by atoms with van der Waals surface area (Å²) in [5.74, 6) is 0.430. The lowest BCUT2D eigenvalue weighted by atomic mass is 10.1. The standard InChI is InChI=1S/C16H23N3O3S/c1-23(21,22)8-5-16(20)19-7-4-14-11-18(12-15(14)19)10-13-3-2-6-17-9-13/h2-3,6,9,14-15H,4-5,7-8,10-12H2,1H3/t14-,15+/m0/s1. The smallest absolute Gasteiger partial charge is 0.223 e. The third-order valence-electron chi connectivity index (χ3n) is 4.76. The van der Waals surface area contributed by atoms with E-state index in [4.69, 9.17) is 0 Å². The van der Waals surface area contributed by atoms with E-state index in [0.29, 0.717) is 5.92 Å². The van der Waals surface area contributed by atoms with E-state index in [9.17, 15) is 13.2 Å². The quantitative estimate of drug-likeness (QED) is 0.785. The van der Waals surface area contributed by atoms with Gasteiger partial charge in [0.15, 0.2) is 0 Å². The van der Waals surface area contributed by atoms with Crippen molar-refractivity contribution in [3.05, 3.63) is 30.1 Å². The Kier molecular flexibility index (Phi) is 4.68. The van der Waals surface area contributed by atoms with Crippen LogP contribution in [0, 0.1) is 5.92 Å². The molecule has 2 fully saturated rings. The molecule has 126 valence electrons. The number of pyridine rings is 1. The van der Waals surface area contributed by atoms with E-state index in [1.807, 2.05) is 17.2 Å². The number of likely N-dealkylation sites (tertiary alicyclic amines) is 2. The Morgan fingerprint density at radius 1 is 1.39 bits per heavy atom. The molecule has 3 heterocycles. The van der Waals surface area contributed by atoms with Crippen molar-refractivity contribution in [2.45, 2.75) is 25.4 Å². The van der Waals surface area contributed by atoms with E-state index in [2.05, 4.69) is 16.0 Å². The third-order valence-corrected chi connectivity index (χ3v) is 5.70. The fourth-order valence-electron chi connectivity index (χ4n) is 3.65. The molecule has 0 N–H and O–H groups in total. The van der Waals surface area contributed by atoms with E-state index in [1.54, 1.807) is 6.20 Å². The Hall–Kier alpha value is -1.47. The van der Waals surface area contributed by atoms with E-state index in [-0.39, 0.29) is 24.1 Å². The van der Waals surface area contributed by atoms with E-state index < -0.39 is 9.84 Å². The predicted molar refractivity (Wildman–Crippen MR) is 87.4 cm³/mol. The van der Waals surface area contributed by atoms with Crippen LogP contribution in [0.2, 0.25) is 0 Å². The van der Waals surface area contributed by atoms with Gasteiger partial charge in [-0.05, 0) is 24.0 Å². The molecule has 0 spiro atoms. The van der Waals surface area contributed by atoms with Crippen molar-refractivity contribution >= 4 is 15.7 Å². The van der Waals surface area contributed by atoms with E-state index >= 15 is 0 Å². The maximum absolute atomic E-state index is 12.3. The zero-order chi connectivity index (χ0) is 16.4. The second-order valence-corrected chi connectivity index (χ2v) is 8.90. The Labute approximate surface area is 137 Å². The average Bonchev–Trinajstić information content (AvgIpc) is 3.05. The monoisotopic (exact) mass is 337 g/mol. The molecule has 3 rings (SSSR count). The van der Waals surface area contributed by atoms with Crippen LogP contribution in [0.1, 0.15) is 18.4 Å². The Bertz CT molecular complexity index is 662. The van der Waals surface area contributed by atoms with Gasteiger partial charge in [-0.1, -0.05) is 6.07 Å². The molecule has 7 heteroatoms. The summed E-state index contributed by atoms with van der Waals surface area (Å²) in [4.78, 5) is 20.7. The van der Waals surface area contributed by atoms with Gasteiger partial charge in [0.25, 0.3) is 0 Å². The van der Waals surface area contributed by atoms with Crippen molar-refractivity contribution in [3.63, 3.8) is 0 Å². The Morgan fingerprint density at radius 2 is 2.22 bits per heavy atom. The molecule has 0 unspecified atom stereocenters. The lowest BCUT2D eigenvalue weighted by Gasteiger charge is -2.25. The summed E-state index contributed by atoms with van der Waals surface area (Å²) in [6, 6.07) is 4.24. The van der Waals surface area contributed by atoms with E-state index in [0.717, 1.165) is 32.6 Å². The van der Waals surface area contributed by atoms with Crippen molar-refractivity contribution in [2.24, 2.45) is 5.92 Å². The number of amides is 1. The number of fused-ring (bicyclic) bond motifs is 1. The number of carbonyl (C=O) groups is 1. The molecule has 0 bridgehead atoms. The van der Waals surface area contributed by atoms with Crippen molar-refractivity contribution in [1.29, 1.82) is 0 Å². The average molecular weight is 337 g/mol. The largest absolute Gasteiger partial charge is 0.338 e. The summed E-state index contributed by atoms with van der Waals surface area (Å²) in [6.07, 6.45) is 5.94. The number of aromatic nitrogens is 1. The minimum absolute atomic E-state index is 0.0221. The van der Waals surface area contributed by atoms with Crippen molar-refractivity contribution < 1.29 is 13.2 Å². The first-order valence-electron chi connectivity index (χ1n) is 8.01. The fourth-order valence-corrected chi connectivity index (χ4v) is 4.20. The molecular formula is C16H23N3O3S. The second kappa shape index (κ2) is 6.57. The molecular weight excluding hydrogens is 314 g/mol. The molecule has 6 nitrogen and oxygen atoms in total. The molecule has 0 radical (unpaired) electrons. The zero-order valence-electron chi connectivity index (χ0n) is 13.4. The van der Waals surface area contributed by atoms with Gasteiger partial charge in [-0.15, -0.1) is 0 Å². The Balaban J connectivity index is 1.57.